The summed E-state index contributed by atoms with van der Waals surface area (Å²) in [6, 6.07) is 15.6. The number of likely N-dealkylation sites (tertiary alicyclic amines) is 1. The molecule has 31 heavy (non-hydrogen) atoms. The number of nitrogens with zero attached hydrogens (tertiary/aromatic N) is 2. The minimum absolute atomic E-state index is 0.0798. The lowest BCUT2D eigenvalue weighted by atomic mass is 10.00. The quantitative estimate of drug-likeness (QED) is 0.639. The van der Waals surface area contributed by atoms with Crippen molar-refractivity contribution in [1.82, 2.24) is 14.8 Å². The van der Waals surface area contributed by atoms with Crippen molar-refractivity contribution in [3.05, 3.63) is 70.9 Å². The minimum atomic E-state index is 0.0798. The Morgan fingerprint density at radius 3 is 2.42 bits per heavy atom. The Bertz CT molecular complexity index is 1080. The number of hydrogen-bond donors (Lipinski definition) is 1. The van der Waals surface area contributed by atoms with Crippen LogP contribution in [0.4, 0.5) is 0 Å². The average Bonchev–Trinajstić information content (AvgIpc) is 3.10. The Balaban J connectivity index is 1.48. The molecule has 0 unspecified atom stereocenters. The van der Waals surface area contributed by atoms with Gasteiger partial charge in [-0.1, -0.05) is 25.1 Å². The van der Waals surface area contributed by atoms with Crippen molar-refractivity contribution >= 4 is 22.7 Å². The highest BCUT2D eigenvalue weighted by Crippen LogP contribution is 2.25. The zero-order valence-electron chi connectivity index (χ0n) is 18.6. The van der Waals surface area contributed by atoms with E-state index in [4.69, 9.17) is 0 Å². The largest absolute Gasteiger partial charge is 0.358 e. The van der Waals surface area contributed by atoms with Gasteiger partial charge in [-0.05, 0) is 69.0 Å². The fourth-order valence-electron chi connectivity index (χ4n) is 4.59. The van der Waals surface area contributed by atoms with Crippen molar-refractivity contribution in [2.24, 2.45) is 0 Å². The summed E-state index contributed by atoms with van der Waals surface area (Å²) in [5.74, 6) is 0.172. The first kappa shape index (κ1) is 21.2. The molecule has 4 rings (SSSR count). The number of H-pyrrole nitrogens is 1. The maximum atomic E-state index is 13.5. The van der Waals surface area contributed by atoms with Crippen LogP contribution in [0.25, 0.3) is 10.9 Å². The van der Waals surface area contributed by atoms with Crippen LogP contribution in [-0.4, -0.2) is 52.3 Å². The third kappa shape index (κ3) is 4.22. The molecule has 3 aromatic rings. The summed E-state index contributed by atoms with van der Waals surface area (Å²) in [4.78, 5) is 33.5. The summed E-state index contributed by atoms with van der Waals surface area (Å²) >= 11 is 0. The molecule has 1 aliphatic rings. The van der Waals surface area contributed by atoms with Gasteiger partial charge in [-0.3, -0.25) is 9.59 Å². The summed E-state index contributed by atoms with van der Waals surface area (Å²) in [7, 11) is 0. The molecule has 5 nitrogen and oxygen atoms in total. The SMILES string of the molecule is CCCN(C(=O)c1ccc2[nH]c(C)c(C)c2c1)C1CCN(C(=O)c2ccccc2)CC1. The third-order valence-corrected chi connectivity index (χ3v) is 6.49. The zero-order valence-corrected chi connectivity index (χ0v) is 18.6. The van der Waals surface area contributed by atoms with E-state index in [1.54, 1.807) is 0 Å². The van der Waals surface area contributed by atoms with E-state index in [9.17, 15) is 9.59 Å². The smallest absolute Gasteiger partial charge is 0.254 e. The number of fused-ring (bicyclic) bond motifs is 1. The van der Waals surface area contributed by atoms with Crippen molar-refractivity contribution in [3.8, 4) is 0 Å². The number of piperidine rings is 1. The van der Waals surface area contributed by atoms with Gasteiger partial charge >= 0.3 is 0 Å². The molecule has 0 radical (unpaired) electrons. The first-order valence-corrected chi connectivity index (χ1v) is 11.2. The number of carbonyl (C=O) groups excluding carboxylic acids is 2. The first-order valence-electron chi connectivity index (χ1n) is 11.2. The van der Waals surface area contributed by atoms with Gasteiger partial charge in [0.15, 0.2) is 0 Å². The number of carbonyl (C=O) groups is 2. The monoisotopic (exact) mass is 417 g/mol. The fraction of sp³-hybridized carbons (Fsp3) is 0.385. The van der Waals surface area contributed by atoms with Crippen LogP contribution in [0.5, 0.6) is 0 Å². The summed E-state index contributed by atoms with van der Waals surface area (Å²) in [5.41, 5.74) is 4.87. The van der Waals surface area contributed by atoms with Gasteiger partial charge < -0.3 is 14.8 Å². The predicted molar refractivity (Wildman–Crippen MR) is 124 cm³/mol. The van der Waals surface area contributed by atoms with Crippen molar-refractivity contribution < 1.29 is 9.59 Å². The molecule has 2 aromatic carbocycles. The molecule has 1 fully saturated rings. The number of aromatic amines is 1. The summed E-state index contributed by atoms with van der Waals surface area (Å²) in [6.45, 7) is 8.36. The Hall–Kier alpha value is -3.08. The molecule has 0 bridgehead atoms. The highest BCUT2D eigenvalue weighted by Gasteiger charge is 2.30. The molecule has 1 N–H and O–H groups in total. The normalized spacial score (nSPS) is 14.7. The standard InChI is InChI=1S/C26H31N3O2/c1-4-14-29(26(31)21-10-11-24-23(17-21)18(2)19(3)27-24)22-12-15-28(16-13-22)25(30)20-8-6-5-7-9-20/h5-11,17,22,27H,4,12-16H2,1-3H3. The van der Waals surface area contributed by atoms with Gasteiger partial charge in [0.1, 0.15) is 0 Å². The number of nitrogens with one attached hydrogen (secondary N) is 1. The second-order valence-electron chi connectivity index (χ2n) is 8.52. The van der Waals surface area contributed by atoms with Gasteiger partial charge in [0.05, 0.1) is 0 Å². The number of amides is 2. The fourth-order valence-corrected chi connectivity index (χ4v) is 4.59. The number of aromatic nitrogens is 1. The minimum Gasteiger partial charge on any atom is -0.358 e. The molecule has 0 aliphatic carbocycles. The molecular formula is C26H31N3O2. The second-order valence-corrected chi connectivity index (χ2v) is 8.52. The number of hydrogen-bond acceptors (Lipinski definition) is 2. The molecule has 2 amide bonds. The topological polar surface area (TPSA) is 56.4 Å². The molecule has 1 saturated heterocycles. The van der Waals surface area contributed by atoms with Gasteiger partial charge in [0.25, 0.3) is 11.8 Å². The van der Waals surface area contributed by atoms with E-state index in [0.29, 0.717) is 13.1 Å². The van der Waals surface area contributed by atoms with Gasteiger partial charge in [0, 0.05) is 53.4 Å². The highest BCUT2D eigenvalue weighted by atomic mass is 16.2. The van der Waals surface area contributed by atoms with Crippen LogP contribution in [0, 0.1) is 13.8 Å². The molecule has 1 aromatic heterocycles. The van der Waals surface area contributed by atoms with Crippen LogP contribution in [0.15, 0.2) is 48.5 Å². The Kier molecular flexibility index (Phi) is 6.12. The lowest BCUT2D eigenvalue weighted by Gasteiger charge is -2.38. The van der Waals surface area contributed by atoms with Crippen LogP contribution in [0.3, 0.4) is 0 Å². The van der Waals surface area contributed by atoms with Gasteiger partial charge in [-0.25, -0.2) is 0 Å². The van der Waals surface area contributed by atoms with Gasteiger partial charge in [-0.2, -0.15) is 0 Å². The number of rotatable bonds is 5. The lowest BCUT2D eigenvalue weighted by molar-refractivity contribution is 0.0519. The average molecular weight is 418 g/mol. The molecular weight excluding hydrogens is 386 g/mol. The highest BCUT2D eigenvalue weighted by molar-refractivity contribution is 5.99. The zero-order chi connectivity index (χ0) is 22.0. The van der Waals surface area contributed by atoms with Crippen molar-refractivity contribution in [2.45, 2.75) is 46.1 Å². The van der Waals surface area contributed by atoms with E-state index in [2.05, 4.69) is 25.8 Å². The molecule has 0 spiro atoms. The summed E-state index contributed by atoms with van der Waals surface area (Å²) in [6.07, 6.45) is 2.54. The Labute approximate surface area is 184 Å². The van der Waals surface area contributed by atoms with Crippen LogP contribution < -0.4 is 0 Å². The molecule has 2 heterocycles. The second kappa shape index (κ2) is 8.96. The van der Waals surface area contributed by atoms with E-state index >= 15 is 0 Å². The van der Waals surface area contributed by atoms with Gasteiger partial charge in [-0.15, -0.1) is 0 Å². The summed E-state index contributed by atoms with van der Waals surface area (Å²) in [5, 5.41) is 1.11. The number of aryl methyl sites for hydroxylation is 2. The van der Waals surface area contributed by atoms with E-state index in [1.165, 1.54) is 5.56 Å². The van der Waals surface area contributed by atoms with Crippen molar-refractivity contribution in [3.63, 3.8) is 0 Å². The van der Waals surface area contributed by atoms with E-state index < -0.39 is 0 Å². The van der Waals surface area contributed by atoms with Gasteiger partial charge in [0.2, 0.25) is 0 Å². The lowest BCUT2D eigenvalue weighted by Crippen LogP contribution is -2.49. The predicted octanol–water partition coefficient (Wildman–Crippen LogP) is 4.94. The molecule has 1 aliphatic heterocycles. The van der Waals surface area contributed by atoms with E-state index in [1.807, 2.05) is 58.3 Å². The van der Waals surface area contributed by atoms with Crippen molar-refractivity contribution in [2.75, 3.05) is 19.6 Å². The van der Waals surface area contributed by atoms with E-state index in [-0.39, 0.29) is 17.9 Å². The maximum absolute atomic E-state index is 13.5. The third-order valence-electron chi connectivity index (χ3n) is 6.49. The van der Waals surface area contributed by atoms with Crippen LogP contribution in [0.2, 0.25) is 0 Å². The van der Waals surface area contributed by atoms with E-state index in [0.717, 1.165) is 53.5 Å². The van der Waals surface area contributed by atoms with Crippen molar-refractivity contribution in [1.29, 1.82) is 0 Å². The molecule has 5 heteroatoms. The first-order chi connectivity index (χ1) is 15.0. The molecule has 0 saturated carbocycles. The maximum Gasteiger partial charge on any atom is 0.254 e. The molecule has 0 atom stereocenters. The Morgan fingerprint density at radius 1 is 1.03 bits per heavy atom. The van der Waals surface area contributed by atoms with Crippen LogP contribution in [-0.2, 0) is 0 Å². The van der Waals surface area contributed by atoms with Crippen LogP contribution >= 0.6 is 0 Å². The van der Waals surface area contributed by atoms with Crippen LogP contribution in [0.1, 0.15) is 58.2 Å². The summed E-state index contributed by atoms with van der Waals surface area (Å²) < 4.78 is 0. The number of benzene rings is 2. The Morgan fingerprint density at radius 2 is 1.74 bits per heavy atom. The molecule has 162 valence electrons.